The highest BCUT2D eigenvalue weighted by Crippen LogP contribution is 2.21. The lowest BCUT2D eigenvalue weighted by Gasteiger charge is -2.25. The van der Waals surface area contributed by atoms with Gasteiger partial charge in [0.25, 0.3) is 0 Å². The molecule has 0 radical (unpaired) electrons. The van der Waals surface area contributed by atoms with Crippen molar-refractivity contribution < 1.29 is 9.53 Å². The lowest BCUT2D eigenvalue weighted by Crippen LogP contribution is -2.42. The minimum atomic E-state index is -0.0203. The predicted octanol–water partition coefficient (Wildman–Crippen LogP) is 3.19. The number of amides is 2. The van der Waals surface area contributed by atoms with E-state index < -0.39 is 0 Å². The van der Waals surface area contributed by atoms with Gasteiger partial charge in [0.15, 0.2) is 0 Å². The van der Waals surface area contributed by atoms with E-state index in [0.717, 1.165) is 43.9 Å². The number of hydrogen-bond acceptors (Lipinski definition) is 3. The monoisotopic (exact) mass is 343 g/mol. The molecular weight excluding hydrogens is 314 g/mol. The number of carbonyl (C=O) groups is 1. The highest BCUT2D eigenvalue weighted by atomic mass is 16.5. The van der Waals surface area contributed by atoms with Gasteiger partial charge in [-0.2, -0.15) is 0 Å². The van der Waals surface area contributed by atoms with E-state index in [1.807, 2.05) is 49.9 Å². The molecule has 0 aliphatic carbocycles. The van der Waals surface area contributed by atoms with Crippen LogP contribution in [0.3, 0.4) is 0 Å². The van der Waals surface area contributed by atoms with Crippen LogP contribution in [0, 0.1) is 0 Å². The fourth-order valence-electron chi connectivity index (χ4n) is 3.48. The topological polar surface area (TPSA) is 44.8 Å². The quantitative estimate of drug-likeness (QED) is 0.835. The van der Waals surface area contributed by atoms with Gasteiger partial charge >= 0.3 is 6.03 Å². The van der Waals surface area contributed by atoms with Crippen LogP contribution in [0.15, 0.2) is 36.4 Å². The molecule has 2 heterocycles. The zero-order chi connectivity index (χ0) is 17.8. The number of nitrogens with zero attached hydrogens (tertiary/aromatic N) is 2. The number of rotatable bonds is 5. The zero-order valence-corrected chi connectivity index (χ0v) is 15.4. The first-order chi connectivity index (χ1) is 12.0. The van der Waals surface area contributed by atoms with Crippen LogP contribution >= 0.6 is 0 Å². The highest BCUT2D eigenvalue weighted by molar-refractivity contribution is 5.75. The Morgan fingerprint density at radius 2 is 1.84 bits per heavy atom. The molecule has 1 saturated heterocycles. The zero-order valence-electron chi connectivity index (χ0n) is 15.4. The van der Waals surface area contributed by atoms with Gasteiger partial charge in [0, 0.05) is 32.2 Å². The molecule has 5 nitrogen and oxygen atoms in total. The van der Waals surface area contributed by atoms with E-state index in [4.69, 9.17) is 4.74 Å². The number of carbonyl (C=O) groups excluding carboxylic acids is 1. The molecule has 3 rings (SSSR count). The van der Waals surface area contributed by atoms with Gasteiger partial charge in [0.05, 0.1) is 12.1 Å². The van der Waals surface area contributed by atoms with Crippen LogP contribution in [0.4, 0.5) is 4.79 Å². The Morgan fingerprint density at radius 3 is 2.48 bits per heavy atom. The summed E-state index contributed by atoms with van der Waals surface area (Å²) < 4.78 is 5.67. The van der Waals surface area contributed by atoms with E-state index in [-0.39, 0.29) is 18.2 Å². The molecule has 0 spiro atoms. The van der Waals surface area contributed by atoms with Crippen molar-refractivity contribution in [3.8, 4) is 5.75 Å². The molecule has 0 aromatic heterocycles. The van der Waals surface area contributed by atoms with E-state index in [0.29, 0.717) is 6.04 Å². The van der Waals surface area contributed by atoms with Crippen molar-refractivity contribution in [1.82, 2.24) is 15.1 Å². The minimum absolute atomic E-state index is 0.0203. The minimum Gasteiger partial charge on any atom is -0.491 e. The van der Waals surface area contributed by atoms with Crippen LogP contribution in [0.1, 0.15) is 38.8 Å². The first kappa shape index (κ1) is 17.8. The van der Waals surface area contributed by atoms with Crippen LogP contribution in [0.5, 0.6) is 5.75 Å². The molecule has 1 fully saturated rings. The van der Waals surface area contributed by atoms with Crippen molar-refractivity contribution in [1.29, 1.82) is 0 Å². The van der Waals surface area contributed by atoms with Crippen molar-refractivity contribution >= 4 is 6.03 Å². The summed E-state index contributed by atoms with van der Waals surface area (Å²) in [5.74, 6) is 0.860. The van der Waals surface area contributed by atoms with Crippen LogP contribution in [-0.4, -0.2) is 54.2 Å². The first-order valence-electron chi connectivity index (χ1n) is 9.24. The summed E-state index contributed by atoms with van der Waals surface area (Å²) in [6.07, 6.45) is 5.64. The number of likely N-dealkylation sites (tertiary alicyclic amines) is 1. The van der Waals surface area contributed by atoms with Crippen molar-refractivity contribution in [2.24, 2.45) is 0 Å². The maximum atomic E-state index is 12.6. The third kappa shape index (κ3) is 4.54. The average Bonchev–Trinajstić information content (AvgIpc) is 3.26. The van der Waals surface area contributed by atoms with Gasteiger partial charge in [0.1, 0.15) is 5.75 Å². The van der Waals surface area contributed by atoms with Gasteiger partial charge in [-0.25, -0.2) is 4.79 Å². The van der Waals surface area contributed by atoms with Gasteiger partial charge in [-0.15, -0.1) is 0 Å². The highest BCUT2D eigenvalue weighted by Gasteiger charge is 2.30. The largest absolute Gasteiger partial charge is 0.491 e. The molecule has 5 heteroatoms. The first-order valence-corrected chi connectivity index (χ1v) is 9.24. The van der Waals surface area contributed by atoms with Crippen LogP contribution in [0.2, 0.25) is 0 Å². The lowest BCUT2D eigenvalue weighted by atomic mass is 10.1. The van der Waals surface area contributed by atoms with Gasteiger partial charge in [-0.1, -0.05) is 24.3 Å². The Balaban J connectivity index is 1.50. The molecule has 0 unspecified atom stereocenters. The van der Waals surface area contributed by atoms with E-state index >= 15 is 0 Å². The van der Waals surface area contributed by atoms with Gasteiger partial charge in [-0.05, 0) is 44.9 Å². The Bertz CT molecular complexity index is 604. The Morgan fingerprint density at radius 1 is 1.16 bits per heavy atom. The van der Waals surface area contributed by atoms with Gasteiger partial charge < -0.3 is 15.0 Å². The summed E-state index contributed by atoms with van der Waals surface area (Å²) in [5.41, 5.74) is 1.09. The second-order valence-electron chi connectivity index (χ2n) is 7.22. The molecule has 25 heavy (non-hydrogen) atoms. The van der Waals surface area contributed by atoms with Crippen molar-refractivity contribution in [3.05, 3.63) is 42.0 Å². The molecule has 136 valence electrons. The molecule has 2 amide bonds. The summed E-state index contributed by atoms with van der Waals surface area (Å²) in [4.78, 5) is 16.9. The Hall–Kier alpha value is -2.01. The number of benzene rings is 1. The fourth-order valence-corrected chi connectivity index (χ4v) is 3.48. The van der Waals surface area contributed by atoms with E-state index in [9.17, 15) is 4.79 Å². The maximum Gasteiger partial charge on any atom is 0.317 e. The van der Waals surface area contributed by atoms with Crippen molar-refractivity contribution in [2.45, 2.75) is 45.4 Å². The molecular formula is C20H29N3O2. The number of nitrogens with one attached hydrogen (secondary N) is 1. The Kier molecular flexibility index (Phi) is 5.63. The number of ether oxygens (including phenoxy) is 1. The van der Waals surface area contributed by atoms with E-state index in [1.54, 1.807) is 0 Å². The molecule has 1 N–H and O–H groups in total. The van der Waals surface area contributed by atoms with Gasteiger partial charge in [-0.3, -0.25) is 4.90 Å². The standard InChI is InChI=1S/C20H29N3O2/c1-15(2)25-19-8-6-17(7-9-19)16(3)21-20(24)23-13-10-18(14-23)22-11-4-5-12-22/h4-9,15-16,18H,10-14H2,1-3H3,(H,21,24)/t16-,18-/m1/s1. The second kappa shape index (κ2) is 7.91. The summed E-state index contributed by atoms with van der Waals surface area (Å²) >= 11 is 0. The molecule has 0 saturated carbocycles. The summed E-state index contributed by atoms with van der Waals surface area (Å²) in [6, 6.07) is 8.46. The van der Waals surface area contributed by atoms with E-state index in [2.05, 4.69) is 22.4 Å². The average molecular weight is 343 g/mol. The Labute approximate surface area is 150 Å². The summed E-state index contributed by atoms with van der Waals surface area (Å²) in [6.45, 7) is 9.73. The summed E-state index contributed by atoms with van der Waals surface area (Å²) in [7, 11) is 0. The van der Waals surface area contributed by atoms with E-state index in [1.165, 1.54) is 0 Å². The molecule has 1 aromatic carbocycles. The van der Waals surface area contributed by atoms with Crippen LogP contribution in [-0.2, 0) is 0 Å². The molecule has 1 aromatic rings. The SMILES string of the molecule is CC(C)Oc1ccc([C@@H](C)NC(=O)N2CC[C@@H](N3CC=CC3)C2)cc1. The van der Waals surface area contributed by atoms with Gasteiger partial charge in [0.2, 0.25) is 0 Å². The normalized spacial score (nSPS) is 21.8. The third-order valence-electron chi connectivity index (χ3n) is 4.91. The van der Waals surface area contributed by atoms with Crippen molar-refractivity contribution in [3.63, 3.8) is 0 Å². The second-order valence-corrected chi connectivity index (χ2v) is 7.22. The maximum absolute atomic E-state index is 12.6. The molecule has 2 atom stereocenters. The van der Waals surface area contributed by atoms with Crippen LogP contribution in [0.25, 0.3) is 0 Å². The molecule has 0 bridgehead atoms. The summed E-state index contributed by atoms with van der Waals surface area (Å²) in [5, 5.41) is 3.12. The molecule has 2 aliphatic rings. The smallest absolute Gasteiger partial charge is 0.317 e. The lowest BCUT2D eigenvalue weighted by molar-refractivity contribution is 0.197. The van der Waals surface area contributed by atoms with Crippen molar-refractivity contribution in [2.75, 3.05) is 26.2 Å². The fraction of sp³-hybridized carbons (Fsp3) is 0.550. The third-order valence-corrected chi connectivity index (χ3v) is 4.91. The predicted molar refractivity (Wildman–Crippen MR) is 99.8 cm³/mol. The van der Waals surface area contributed by atoms with Crippen LogP contribution < -0.4 is 10.1 Å². The number of urea groups is 1. The molecule has 2 aliphatic heterocycles. The number of hydrogen-bond donors (Lipinski definition) is 1.